The van der Waals surface area contributed by atoms with Gasteiger partial charge in [0.05, 0.1) is 11.6 Å². The lowest BCUT2D eigenvalue weighted by Gasteiger charge is -2.18. The highest BCUT2D eigenvalue weighted by Gasteiger charge is 2.28. The summed E-state index contributed by atoms with van der Waals surface area (Å²) in [5, 5.41) is 8.79. The number of anilines is 1. The predicted octanol–water partition coefficient (Wildman–Crippen LogP) is 2.02. The van der Waals surface area contributed by atoms with Crippen LogP contribution in [0.3, 0.4) is 0 Å². The molecule has 1 atom stereocenters. The average molecular weight is 296 g/mol. The van der Waals surface area contributed by atoms with Crippen molar-refractivity contribution in [1.82, 2.24) is 10.2 Å². The maximum Gasteiger partial charge on any atom is 0.222 e. The molecule has 1 unspecified atom stereocenters. The topological polar surface area (TPSA) is 72.1 Å². The Labute approximate surface area is 130 Å². The summed E-state index contributed by atoms with van der Waals surface area (Å²) in [5.74, 6) is 0.521. The molecule has 0 saturated carbocycles. The summed E-state index contributed by atoms with van der Waals surface area (Å²) in [7, 11) is 0. The lowest BCUT2D eigenvalue weighted by molar-refractivity contribution is -0.121. The molecule has 1 fully saturated rings. The van der Waals surface area contributed by atoms with E-state index in [0.29, 0.717) is 6.54 Å². The van der Waals surface area contributed by atoms with E-state index >= 15 is 0 Å². The van der Waals surface area contributed by atoms with Crippen LogP contribution in [0.2, 0.25) is 0 Å². The molecule has 114 valence electrons. The molecule has 0 bridgehead atoms. The molecular weight excluding hydrogens is 276 g/mol. The quantitative estimate of drug-likeness (QED) is 0.937. The summed E-state index contributed by atoms with van der Waals surface area (Å²) in [6, 6.07) is 12.2. The van der Waals surface area contributed by atoms with Gasteiger partial charge in [0, 0.05) is 18.7 Å². The van der Waals surface area contributed by atoms with Crippen LogP contribution in [0, 0.1) is 5.92 Å². The van der Waals surface area contributed by atoms with Gasteiger partial charge in [-0.15, -0.1) is 10.2 Å². The zero-order valence-electron chi connectivity index (χ0n) is 12.7. The molecule has 2 heterocycles. The first-order valence-electron chi connectivity index (χ1n) is 7.65. The van der Waals surface area contributed by atoms with Crippen LogP contribution in [-0.4, -0.2) is 29.2 Å². The number of primary amides is 1. The van der Waals surface area contributed by atoms with E-state index in [2.05, 4.69) is 28.1 Å². The van der Waals surface area contributed by atoms with Gasteiger partial charge in [-0.2, -0.15) is 0 Å². The number of amides is 1. The van der Waals surface area contributed by atoms with Gasteiger partial charge in [0.25, 0.3) is 0 Å². The molecule has 5 heteroatoms. The van der Waals surface area contributed by atoms with Crippen molar-refractivity contribution in [2.45, 2.75) is 19.8 Å². The molecule has 0 radical (unpaired) electrons. The van der Waals surface area contributed by atoms with E-state index < -0.39 is 0 Å². The van der Waals surface area contributed by atoms with Crippen molar-refractivity contribution in [3.63, 3.8) is 0 Å². The first-order chi connectivity index (χ1) is 10.7. The Morgan fingerprint density at radius 3 is 2.73 bits per heavy atom. The highest BCUT2D eigenvalue weighted by Crippen LogP contribution is 2.27. The summed E-state index contributed by atoms with van der Waals surface area (Å²) < 4.78 is 0. The molecule has 2 aromatic rings. The van der Waals surface area contributed by atoms with Gasteiger partial charge in [-0.1, -0.05) is 37.3 Å². The maximum absolute atomic E-state index is 11.3. The zero-order chi connectivity index (χ0) is 15.5. The average Bonchev–Trinajstić information content (AvgIpc) is 3.05. The van der Waals surface area contributed by atoms with Gasteiger partial charge in [0.1, 0.15) is 0 Å². The van der Waals surface area contributed by atoms with Gasteiger partial charge in [-0.3, -0.25) is 4.79 Å². The number of aromatic nitrogens is 2. The fourth-order valence-corrected chi connectivity index (χ4v) is 2.88. The third kappa shape index (κ3) is 2.79. The second kappa shape index (κ2) is 6.13. The molecule has 1 aromatic heterocycles. The first-order valence-corrected chi connectivity index (χ1v) is 7.65. The van der Waals surface area contributed by atoms with Crippen LogP contribution in [-0.2, 0) is 11.2 Å². The summed E-state index contributed by atoms with van der Waals surface area (Å²) in [6.45, 7) is 3.55. The molecule has 1 amide bonds. The summed E-state index contributed by atoms with van der Waals surface area (Å²) in [4.78, 5) is 13.4. The largest absolute Gasteiger partial charge is 0.369 e. The van der Waals surface area contributed by atoms with Crippen LogP contribution in [0.25, 0.3) is 11.3 Å². The minimum absolute atomic E-state index is 0.0827. The molecule has 0 aliphatic carbocycles. The number of carbonyl (C=O) groups is 1. The second-order valence-corrected chi connectivity index (χ2v) is 5.63. The Bertz CT molecular complexity index is 672. The molecule has 3 rings (SSSR count). The normalized spacial score (nSPS) is 17.7. The van der Waals surface area contributed by atoms with Crippen molar-refractivity contribution >= 4 is 11.7 Å². The van der Waals surface area contributed by atoms with E-state index in [1.165, 1.54) is 5.56 Å². The van der Waals surface area contributed by atoms with Gasteiger partial charge in [0.15, 0.2) is 5.82 Å². The van der Waals surface area contributed by atoms with Crippen molar-refractivity contribution in [3.05, 3.63) is 42.0 Å². The van der Waals surface area contributed by atoms with Gasteiger partial charge in [-0.05, 0) is 24.5 Å². The molecular formula is C17H20N4O. The molecule has 2 N–H and O–H groups in total. The predicted molar refractivity (Wildman–Crippen MR) is 86.4 cm³/mol. The Kier molecular flexibility index (Phi) is 4.04. The van der Waals surface area contributed by atoms with Crippen LogP contribution in [0.5, 0.6) is 0 Å². The van der Waals surface area contributed by atoms with E-state index in [9.17, 15) is 4.79 Å². The van der Waals surface area contributed by atoms with Crippen molar-refractivity contribution in [1.29, 1.82) is 0 Å². The van der Waals surface area contributed by atoms with Gasteiger partial charge in [0.2, 0.25) is 5.91 Å². The smallest absolute Gasteiger partial charge is 0.222 e. The summed E-state index contributed by atoms with van der Waals surface area (Å²) >= 11 is 0. The van der Waals surface area contributed by atoms with Crippen molar-refractivity contribution in [2.75, 3.05) is 18.0 Å². The van der Waals surface area contributed by atoms with Gasteiger partial charge < -0.3 is 10.6 Å². The zero-order valence-corrected chi connectivity index (χ0v) is 12.7. The number of nitrogens with two attached hydrogens (primary N) is 1. The van der Waals surface area contributed by atoms with Crippen LogP contribution in [0.1, 0.15) is 18.9 Å². The number of benzene rings is 1. The number of aryl methyl sites for hydroxylation is 1. The number of carbonyl (C=O) groups excluding carboxylic acids is 1. The lowest BCUT2D eigenvalue weighted by atomic mass is 10.0. The lowest BCUT2D eigenvalue weighted by Crippen LogP contribution is -2.27. The number of hydrogen-bond donors (Lipinski definition) is 1. The van der Waals surface area contributed by atoms with Crippen LogP contribution >= 0.6 is 0 Å². The van der Waals surface area contributed by atoms with E-state index in [1.807, 2.05) is 30.3 Å². The maximum atomic E-state index is 11.3. The fraction of sp³-hybridized carbons (Fsp3) is 0.353. The standard InChI is InChI=1S/C17H20N4O/c1-2-12-10-15(21-9-8-14(11-21)17(18)22)19-20-16(12)13-6-4-3-5-7-13/h3-7,10,14H,2,8-9,11H2,1H3,(H2,18,22). The fourth-order valence-electron chi connectivity index (χ4n) is 2.88. The van der Waals surface area contributed by atoms with Crippen molar-refractivity contribution in [3.8, 4) is 11.3 Å². The molecule has 5 nitrogen and oxygen atoms in total. The monoisotopic (exact) mass is 296 g/mol. The van der Waals surface area contributed by atoms with Crippen molar-refractivity contribution < 1.29 is 4.79 Å². The molecule has 22 heavy (non-hydrogen) atoms. The Morgan fingerprint density at radius 1 is 1.32 bits per heavy atom. The van der Waals surface area contributed by atoms with Crippen molar-refractivity contribution in [2.24, 2.45) is 11.7 Å². The number of rotatable bonds is 4. The Morgan fingerprint density at radius 2 is 2.09 bits per heavy atom. The molecule has 0 spiro atoms. The second-order valence-electron chi connectivity index (χ2n) is 5.63. The summed E-state index contributed by atoms with van der Waals surface area (Å²) in [5.41, 5.74) is 8.56. The van der Waals surface area contributed by atoms with Crippen LogP contribution in [0.15, 0.2) is 36.4 Å². The molecule has 1 aromatic carbocycles. The van der Waals surface area contributed by atoms with Gasteiger partial charge in [-0.25, -0.2) is 0 Å². The Hall–Kier alpha value is -2.43. The highest BCUT2D eigenvalue weighted by atomic mass is 16.1. The molecule has 1 aliphatic heterocycles. The van der Waals surface area contributed by atoms with E-state index in [-0.39, 0.29) is 11.8 Å². The van der Waals surface area contributed by atoms with Crippen LogP contribution < -0.4 is 10.6 Å². The SMILES string of the molecule is CCc1cc(N2CCC(C(N)=O)C2)nnc1-c1ccccc1. The minimum atomic E-state index is -0.230. The number of nitrogens with zero attached hydrogens (tertiary/aromatic N) is 3. The third-order valence-corrected chi connectivity index (χ3v) is 4.20. The van der Waals surface area contributed by atoms with E-state index in [1.54, 1.807) is 0 Å². The first kappa shape index (κ1) is 14.5. The Balaban J connectivity index is 1.88. The summed E-state index contributed by atoms with van der Waals surface area (Å²) in [6.07, 6.45) is 1.68. The van der Waals surface area contributed by atoms with Crippen LogP contribution in [0.4, 0.5) is 5.82 Å². The number of hydrogen-bond acceptors (Lipinski definition) is 4. The highest BCUT2D eigenvalue weighted by molar-refractivity contribution is 5.78. The third-order valence-electron chi connectivity index (χ3n) is 4.20. The van der Waals surface area contributed by atoms with E-state index in [0.717, 1.165) is 36.5 Å². The molecule has 1 saturated heterocycles. The van der Waals surface area contributed by atoms with E-state index in [4.69, 9.17) is 5.73 Å². The minimum Gasteiger partial charge on any atom is -0.369 e. The molecule has 1 aliphatic rings. The van der Waals surface area contributed by atoms with Gasteiger partial charge >= 0.3 is 0 Å².